The van der Waals surface area contributed by atoms with Crippen molar-refractivity contribution in [2.45, 2.75) is 58.5 Å². The van der Waals surface area contributed by atoms with E-state index in [0.717, 1.165) is 12.8 Å². The molecule has 0 saturated heterocycles. The monoisotopic (exact) mass is 224 g/mol. The fourth-order valence-corrected chi connectivity index (χ4v) is 1.61. The molecule has 90 valence electrons. The Hall–Kier alpha value is -1.24. The molecule has 0 heterocycles. The molecule has 1 atom stereocenters. The van der Waals surface area contributed by atoms with E-state index in [2.05, 4.69) is 16.9 Å². The van der Waals surface area contributed by atoms with Gasteiger partial charge in [0.15, 0.2) is 6.17 Å². The normalized spacial score (nSPS) is 13.4. The van der Waals surface area contributed by atoms with Gasteiger partial charge in [0, 0.05) is 5.92 Å². The summed E-state index contributed by atoms with van der Waals surface area (Å²) in [6.07, 6.45) is 9.21. The zero-order valence-corrected chi connectivity index (χ0v) is 10.1. The number of nitrogens with zero attached hydrogens (tertiary/aromatic N) is 2. The van der Waals surface area contributed by atoms with E-state index in [9.17, 15) is 9.59 Å². The molecule has 0 aliphatic carbocycles. The summed E-state index contributed by atoms with van der Waals surface area (Å²) < 4.78 is 0. The molecule has 0 spiro atoms. The lowest BCUT2D eigenvalue weighted by molar-refractivity contribution is 0.411. The number of isocyanates is 2. The molecule has 0 aromatic heterocycles. The highest BCUT2D eigenvalue weighted by molar-refractivity contribution is 5.37. The summed E-state index contributed by atoms with van der Waals surface area (Å²) in [6.45, 7) is 4.11. The Kier molecular flexibility index (Phi) is 9.49. The molecule has 0 amide bonds. The molecule has 1 unspecified atom stereocenters. The molecule has 16 heavy (non-hydrogen) atoms. The van der Waals surface area contributed by atoms with Crippen molar-refractivity contribution >= 4 is 12.2 Å². The molecule has 0 saturated carbocycles. The van der Waals surface area contributed by atoms with Crippen LogP contribution in [0, 0.1) is 5.92 Å². The number of carbonyl (C=O) groups excluding carboxylic acids is 2. The highest BCUT2D eigenvalue weighted by Gasteiger charge is 2.14. The van der Waals surface area contributed by atoms with Gasteiger partial charge in [0.1, 0.15) is 0 Å². The quantitative estimate of drug-likeness (QED) is 0.343. The summed E-state index contributed by atoms with van der Waals surface area (Å²) in [5.74, 6) is 0.101. The third-order valence-corrected chi connectivity index (χ3v) is 2.64. The lowest BCUT2D eigenvalue weighted by atomic mass is 10.00. The molecule has 4 heteroatoms. The van der Waals surface area contributed by atoms with E-state index in [4.69, 9.17) is 0 Å². The number of unbranched alkanes of at least 4 members (excludes halogenated alkanes) is 4. The first kappa shape index (κ1) is 14.8. The van der Waals surface area contributed by atoms with E-state index < -0.39 is 6.17 Å². The van der Waals surface area contributed by atoms with Gasteiger partial charge in [-0.25, -0.2) is 9.59 Å². The highest BCUT2D eigenvalue weighted by atomic mass is 16.1. The van der Waals surface area contributed by atoms with Gasteiger partial charge < -0.3 is 0 Å². The molecule has 0 fully saturated rings. The molecule has 0 rings (SSSR count). The lowest BCUT2D eigenvalue weighted by Gasteiger charge is -2.12. The van der Waals surface area contributed by atoms with Crippen molar-refractivity contribution in [1.29, 1.82) is 0 Å². The fourth-order valence-electron chi connectivity index (χ4n) is 1.61. The second-order valence-electron chi connectivity index (χ2n) is 4.03. The summed E-state index contributed by atoms with van der Waals surface area (Å²) in [4.78, 5) is 27.2. The maximum Gasteiger partial charge on any atom is 0.237 e. The minimum atomic E-state index is -0.596. The van der Waals surface area contributed by atoms with Gasteiger partial charge in [0.25, 0.3) is 0 Å². The Morgan fingerprint density at radius 1 is 1.00 bits per heavy atom. The smallest absolute Gasteiger partial charge is 0.211 e. The summed E-state index contributed by atoms with van der Waals surface area (Å²) >= 11 is 0. The highest BCUT2D eigenvalue weighted by Crippen LogP contribution is 2.17. The van der Waals surface area contributed by atoms with Crippen LogP contribution in [0.2, 0.25) is 0 Å². The third kappa shape index (κ3) is 7.10. The molecule has 0 N–H and O–H groups in total. The fraction of sp³-hybridized carbons (Fsp3) is 0.833. The van der Waals surface area contributed by atoms with Crippen molar-refractivity contribution in [2.75, 3.05) is 0 Å². The SMILES string of the molecule is CCCCCCCC(C)C(N=C=O)N=C=O. The van der Waals surface area contributed by atoms with Crippen molar-refractivity contribution in [3.8, 4) is 0 Å². The molecule has 0 aliphatic rings. The molecule has 0 radical (unpaired) electrons. The van der Waals surface area contributed by atoms with Gasteiger partial charge in [-0.05, 0) is 6.42 Å². The Bertz CT molecular complexity index is 248. The number of hydrogen-bond acceptors (Lipinski definition) is 4. The van der Waals surface area contributed by atoms with Gasteiger partial charge in [-0.3, -0.25) is 0 Å². The summed E-state index contributed by atoms with van der Waals surface area (Å²) in [7, 11) is 0. The zero-order chi connectivity index (χ0) is 12.2. The maximum atomic E-state index is 10.1. The predicted octanol–water partition coefficient (Wildman–Crippen LogP) is 2.98. The van der Waals surface area contributed by atoms with Gasteiger partial charge in [0.2, 0.25) is 12.2 Å². The van der Waals surface area contributed by atoms with E-state index in [1.165, 1.54) is 37.8 Å². The van der Waals surface area contributed by atoms with Gasteiger partial charge in [-0.2, -0.15) is 9.98 Å². The van der Waals surface area contributed by atoms with Crippen LogP contribution in [-0.4, -0.2) is 18.3 Å². The minimum Gasteiger partial charge on any atom is -0.211 e. The van der Waals surface area contributed by atoms with E-state index in [0.29, 0.717) is 0 Å². The van der Waals surface area contributed by atoms with Crippen molar-refractivity contribution in [3.05, 3.63) is 0 Å². The molecule has 0 aliphatic heterocycles. The Morgan fingerprint density at radius 2 is 1.56 bits per heavy atom. The van der Waals surface area contributed by atoms with E-state index in [1.54, 1.807) is 0 Å². The van der Waals surface area contributed by atoms with Crippen molar-refractivity contribution in [2.24, 2.45) is 15.9 Å². The summed E-state index contributed by atoms with van der Waals surface area (Å²) in [6, 6.07) is 0. The van der Waals surface area contributed by atoms with Gasteiger partial charge in [0.05, 0.1) is 0 Å². The zero-order valence-electron chi connectivity index (χ0n) is 10.1. The molecule has 0 bridgehead atoms. The second kappa shape index (κ2) is 10.3. The summed E-state index contributed by atoms with van der Waals surface area (Å²) in [5.41, 5.74) is 0. The molecular weight excluding hydrogens is 204 g/mol. The van der Waals surface area contributed by atoms with E-state index >= 15 is 0 Å². The second-order valence-corrected chi connectivity index (χ2v) is 4.03. The van der Waals surface area contributed by atoms with Crippen LogP contribution < -0.4 is 0 Å². The van der Waals surface area contributed by atoms with Crippen molar-refractivity contribution in [3.63, 3.8) is 0 Å². The first-order chi connectivity index (χ1) is 7.76. The number of aliphatic imine (C=N–C) groups is 2. The van der Waals surface area contributed by atoms with Crippen LogP contribution in [0.25, 0.3) is 0 Å². The average molecular weight is 224 g/mol. The van der Waals surface area contributed by atoms with E-state index in [1.807, 2.05) is 6.92 Å². The van der Waals surface area contributed by atoms with Crippen LogP contribution in [0.5, 0.6) is 0 Å². The van der Waals surface area contributed by atoms with Crippen LogP contribution in [0.15, 0.2) is 9.98 Å². The molecular formula is C12H20N2O2. The molecule has 0 aromatic carbocycles. The van der Waals surface area contributed by atoms with E-state index in [-0.39, 0.29) is 5.92 Å². The van der Waals surface area contributed by atoms with Crippen molar-refractivity contribution in [1.82, 2.24) is 0 Å². The van der Waals surface area contributed by atoms with Crippen LogP contribution in [-0.2, 0) is 9.59 Å². The third-order valence-electron chi connectivity index (χ3n) is 2.64. The Morgan fingerprint density at radius 3 is 2.06 bits per heavy atom. The standard InChI is InChI=1S/C12H20N2O2/c1-3-4-5-6-7-8-11(2)12(13-9-15)14-10-16/h11-12H,3-8H2,1-2H3. The van der Waals surface area contributed by atoms with Crippen molar-refractivity contribution < 1.29 is 9.59 Å². The lowest BCUT2D eigenvalue weighted by Crippen LogP contribution is -2.12. The Balaban J connectivity index is 3.87. The van der Waals surface area contributed by atoms with Crippen LogP contribution in [0.3, 0.4) is 0 Å². The largest absolute Gasteiger partial charge is 0.237 e. The van der Waals surface area contributed by atoms with Gasteiger partial charge >= 0.3 is 0 Å². The van der Waals surface area contributed by atoms with Crippen LogP contribution >= 0.6 is 0 Å². The number of hydrogen-bond donors (Lipinski definition) is 0. The number of rotatable bonds is 9. The van der Waals surface area contributed by atoms with Gasteiger partial charge in [-0.15, -0.1) is 0 Å². The van der Waals surface area contributed by atoms with Crippen LogP contribution in [0.4, 0.5) is 0 Å². The Labute approximate surface area is 96.9 Å². The van der Waals surface area contributed by atoms with Crippen LogP contribution in [0.1, 0.15) is 52.4 Å². The molecule has 4 nitrogen and oxygen atoms in total. The first-order valence-corrected chi connectivity index (χ1v) is 5.90. The average Bonchev–Trinajstić information content (AvgIpc) is 2.28. The summed E-state index contributed by atoms with van der Waals surface area (Å²) in [5, 5.41) is 0. The topological polar surface area (TPSA) is 58.9 Å². The molecule has 0 aromatic rings. The maximum absolute atomic E-state index is 10.1. The minimum absolute atomic E-state index is 0.101. The predicted molar refractivity (Wildman–Crippen MR) is 62.6 cm³/mol. The first-order valence-electron chi connectivity index (χ1n) is 5.90. The van der Waals surface area contributed by atoms with Gasteiger partial charge in [-0.1, -0.05) is 46.0 Å².